The molecule has 1 aliphatic carbocycles. The zero-order chi connectivity index (χ0) is 25.9. The average Bonchev–Trinajstić information content (AvgIpc) is 3.20. The molecule has 1 fully saturated rings. The number of halogens is 2. The fourth-order valence-corrected chi connectivity index (χ4v) is 4.73. The van der Waals surface area contributed by atoms with E-state index >= 15 is 0 Å². The van der Waals surface area contributed by atoms with Crippen LogP contribution >= 0.6 is 11.6 Å². The molecule has 0 saturated heterocycles. The summed E-state index contributed by atoms with van der Waals surface area (Å²) in [5.41, 5.74) is -0.882. The topological polar surface area (TPSA) is 112 Å². The van der Waals surface area contributed by atoms with Crippen LogP contribution in [0.25, 0.3) is 5.69 Å². The Labute approximate surface area is 212 Å². The molecule has 8 nitrogen and oxygen atoms in total. The maximum absolute atomic E-state index is 14.9. The molecule has 2 aromatic carbocycles. The van der Waals surface area contributed by atoms with E-state index in [2.05, 4.69) is 16.0 Å². The number of rotatable bonds is 7. The van der Waals surface area contributed by atoms with Crippen LogP contribution in [-0.4, -0.2) is 40.7 Å². The molecule has 3 aromatic rings. The first-order valence-electron chi connectivity index (χ1n) is 11.4. The molecule has 1 aromatic heterocycles. The molecule has 1 aliphatic rings. The first-order valence-corrected chi connectivity index (χ1v) is 11.8. The minimum absolute atomic E-state index is 0.0253. The molecule has 0 spiro atoms. The highest BCUT2D eigenvalue weighted by Gasteiger charge is 2.50. The van der Waals surface area contributed by atoms with E-state index in [9.17, 15) is 23.9 Å². The van der Waals surface area contributed by atoms with E-state index in [1.807, 2.05) is 0 Å². The number of hydrogen-bond acceptors (Lipinski definition) is 5. The molecule has 36 heavy (non-hydrogen) atoms. The SMILES string of the molecule is CNCC1(O)CC(C(=O)Nc2ccc(Cl)cc2)[C@@H](C(=O)Nc2ccc(-n3ccccc3=O)cc2F)C1. The van der Waals surface area contributed by atoms with E-state index in [0.717, 1.165) is 6.07 Å². The van der Waals surface area contributed by atoms with Crippen LogP contribution in [0.3, 0.4) is 0 Å². The number of nitrogens with one attached hydrogen (secondary N) is 3. The third-order valence-corrected chi connectivity index (χ3v) is 6.54. The Bertz CT molecular complexity index is 1330. The van der Waals surface area contributed by atoms with Crippen molar-refractivity contribution < 1.29 is 19.1 Å². The second kappa shape index (κ2) is 10.6. The molecule has 188 valence electrons. The second-order valence-corrected chi connectivity index (χ2v) is 9.37. The molecule has 10 heteroatoms. The first kappa shape index (κ1) is 25.6. The van der Waals surface area contributed by atoms with Gasteiger partial charge in [0.25, 0.3) is 5.56 Å². The summed E-state index contributed by atoms with van der Waals surface area (Å²) in [6.07, 6.45) is 1.60. The Morgan fingerprint density at radius 3 is 2.33 bits per heavy atom. The number of aliphatic hydroxyl groups is 1. The smallest absolute Gasteiger partial charge is 0.255 e. The number of hydrogen-bond donors (Lipinski definition) is 4. The summed E-state index contributed by atoms with van der Waals surface area (Å²) in [4.78, 5) is 38.3. The summed E-state index contributed by atoms with van der Waals surface area (Å²) in [5, 5.41) is 19.7. The highest BCUT2D eigenvalue weighted by Crippen LogP contribution is 2.41. The number of likely N-dealkylation sites (N-methyl/N-ethyl adjacent to an activating group) is 1. The molecule has 0 radical (unpaired) electrons. The lowest BCUT2D eigenvalue weighted by Crippen LogP contribution is -2.37. The van der Waals surface area contributed by atoms with Crippen molar-refractivity contribution in [2.75, 3.05) is 24.2 Å². The van der Waals surface area contributed by atoms with E-state index in [1.165, 1.54) is 29.0 Å². The lowest BCUT2D eigenvalue weighted by atomic mass is 9.94. The predicted molar refractivity (Wildman–Crippen MR) is 136 cm³/mol. The zero-order valence-corrected chi connectivity index (χ0v) is 20.3. The standard InChI is InChI=1S/C26H26ClFN4O4/c1-29-15-26(36)13-19(24(34)30-17-7-5-16(27)6-8-17)20(14-26)25(35)31-22-10-9-18(12-21(22)28)32-11-3-2-4-23(32)33/h2-12,19-20,29,36H,13-15H2,1H3,(H,30,34)(H,31,35)/t19?,20-,26?/m0/s1. The molecule has 2 unspecified atom stereocenters. The molecule has 1 heterocycles. The summed E-state index contributed by atoms with van der Waals surface area (Å²) < 4.78 is 16.2. The van der Waals surface area contributed by atoms with Crippen LogP contribution in [0.15, 0.2) is 71.7 Å². The summed E-state index contributed by atoms with van der Waals surface area (Å²) in [5.74, 6) is -3.48. The van der Waals surface area contributed by atoms with Crippen LogP contribution in [0.1, 0.15) is 12.8 Å². The number of benzene rings is 2. The monoisotopic (exact) mass is 512 g/mol. The van der Waals surface area contributed by atoms with Crippen LogP contribution in [0.4, 0.5) is 15.8 Å². The van der Waals surface area contributed by atoms with Gasteiger partial charge in [-0.2, -0.15) is 0 Å². The minimum atomic E-state index is -1.28. The number of nitrogens with zero attached hydrogens (tertiary/aromatic N) is 1. The van der Waals surface area contributed by atoms with Gasteiger partial charge < -0.3 is 21.1 Å². The highest BCUT2D eigenvalue weighted by molar-refractivity contribution is 6.30. The van der Waals surface area contributed by atoms with Crippen molar-refractivity contribution in [3.63, 3.8) is 0 Å². The van der Waals surface area contributed by atoms with E-state index < -0.39 is 35.1 Å². The molecular formula is C26H26ClFN4O4. The molecule has 2 amide bonds. The largest absolute Gasteiger partial charge is 0.389 e. The first-order chi connectivity index (χ1) is 17.2. The van der Waals surface area contributed by atoms with Gasteiger partial charge >= 0.3 is 0 Å². The number of amides is 2. The molecular weight excluding hydrogens is 487 g/mol. The van der Waals surface area contributed by atoms with Gasteiger partial charge in [-0.3, -0.25) is 19.0 Å². The fraction of sp³-hybridized carbons (Fsp3) is 0.269. The van der Waals surface area contributed by atoms with Gasteiger partial charge in [-0.25, -0.2) is 4.39 Å². The van der Waals surface area contributed by atoms with Crippen molar-refractivity contribution in [1.29, 1.82) is 0 Å². The predicted octanol–water partition coefficient (Wildman–Crippen LogP) is 3.18. The van der Waals surface area contributed by atoms with Crippen molar-refractivity contribution in [3.05, 3.63) is 88.1 Å². The number of carbonyl (C=O) groups excluding carboxylic acids is 2. The van der Waals surface area contributed by atoms with E-state index in [0.29, 0.717) is 16.4 Å². The second-order valence-electron chi connectivity index (χ2n) is 8.93. The molecule has 0 aliphatic heterocycles. The molecule has 4 rings (SSSR count). The van der Waals surface area contributed by atoms with Gasteiger partial charge in [0.1, 0.15) is 5.82 Å². The Morgan fingerprint density at radius 1 is 1.06 bits per heavy atom. The van der Waals surface area contributed by atoms with E-state index in [1.54, 1.807) is 43.4 Å². The maximum Gasteiger partial charge on any atom is 0.255 e. The van der Waals surface area contributed by atoms with Crippen LogP contribution in [-0.2, 0) is 9.59 Å². The lowest BCUT2D eigenvalue weighted by Gasteiger charge is -2.22. The lowest BCUT2D eigenvalue weighted by molar-refractivity contribution is -0.128. The number of pyridine rings is 1. The molecule has 1 saturated carbocycles. The summed E-state index contributed by atoms with van der Waals surface area (Å²) >= 11 is 5.90. The Morgan fingerprint density at radius 2 is 1.72 bits per heavy atom. The van der Waals surface area contributed by atoms with Crippen LogP contribution in [0.2, 0.25) is 5.02 Å². The summed E-state index contributed by atoms with van der Waals surface area (Å²) in [6.45, 7) is 0.191. The van der Waals surface area contributed by atoms with Gasteiger partial charge in [-0.05, 0) is 62.4 Å². The van der Waals surface area contributed by atoms with E-state index in [4.69, 9.17) is 11.6 Å². The van der Waals surface area contributed by atoms with Crippen molar-refractivity contribution >= 4 is 34.8 Å². The fourth-order valence-electron chi connectivity index (χ4n) is 4.60. The van der Waals surface area contributed by atoms with Crippen LogP contribution in [0.5, 0.6) is 0 Å². The average molecular weight is 513 g/mol. The number of anilines is 2. The molecule has 0 bridgehead atoms. The van der Waals surface area contributed by atoms with Gasteiger partial charge in [-0.15, -0.1) is 0 Å². The van der Waals surface area contributed by atoms with Crippen molar-refractivity contribution in [2.45, 2.75) is 18.4 Å². The molecule has 3 atom stereocenters. The quantitative estimate of drug-likeness (QED) is 0.388. The number of aromatic nitrogens is 1. The third-order valence-electron chi connectivity index (χ3n) is 6.29. The Kier molecular flexibility index (Phi) is 7.53. The van der Waals surface area contributed by atoms with Gasteiger partial charge in [0.15, 0.2) is 0 Å². The normalized spacial score (nSPS) is 21.2. The van der Waals surface area contributed by atoms with Gasteiger partial charge in [0, 0.05) is 35.6 Å². The van der Waals surface area contributed by atoms with Crippen LogP contribution < -0.4 is 21.5 Å². The summed E-state index contributed by atoms with van der Waals surface area (Å²) in [6, 6.07) is 15.1. The Hall–Kier alpha value is -3.53. The van der Waals surface area contributed by atoms with Crippen molar-refractivity contribution in [2.24, 2.45) is 11.8 Å². The van der Waals surface area contributed by atoms with Crippen molar-refractivity contribution in [3.8, 4) is 5.69 Å². The minimum Gasteiger partial charge on any atom is -0.389 e. The zero-order valence-electron chi connectivity index (χ0n) is 19.5. The molecule has 4 N–H and O–H groups in total. The Balaban J connectivity index is 1.54. The summed E-state index contributed by atoms with van der Waals surface area (Å²) in [7, 11) is 1.67. The highest BCUT2D eigenvalue weighted by atomic mass is 35.5. The van der Waals surface area contributed by atoms with Crippen molar-refractivity contribution in [1.82, 2.24) is 9.88 Å². The van der Waals surface area contributed by atoms with E-state index in [-0.39, 0.29) is 30.6 Å². The van der Waals surface area contributed by atoms with Gasteiger partial charge in [-0.1, -0.05) is 17.7 Å². The van der Waals surface area contributed by atoms with Gasteiger partial charge in [0.05, 0.1) is 28.8 Å². The number of carbonyl (C=O) groups is 2. The third kappa shape index (κ3) is 5.64. The maximum atomic E-state index is 14.9. The van der Waals surface area contributed by atoms with Gasteiger partial charge in [0.2, 0.25) is 11.8 Å². The van der Waals surface area contributed by atoms with Crippen LogP contribution in [0, 0.1) is 17.7 Å².